The topological polar surface area (TPSA) is 460 Å². The molecule has 0 saturated carbocycles. The average molecular weight is 1690 g/mol. The Morgan fingerprint density at radius 1 is 0.719 bits per heavy atom. The second-order valence-electron chi connectivity index (χ2n) is 28.5. The van der Waals surface area contributed by atoms with Gasteiger partial charge in [-0.3, -0.25) is 39.0 Å². The molecule has 1 unspecified atom stereocenters. The van der Waals surface area contributed by atoms with E-state index in [0.717, 1.165) is 17.0 Å². The van der Waals surface area contributed by atoms with Gasteiger partial charge in [0.15, 0.2) is 11.9 Å². The van der Waals surface area contributed by atoms with Crippen LogP contribution in [0.3, 0.4) is 0 Å². The normalized spacial score (nSPS) is 19.7. The molecule has 5 rings (SSSR count). The zero-order chi connectivity index (χ0) is 84.0. The lowest BCUT2D eigenvalue weighted by atomic mass is 9.89. The summed E-state index contributed by atoms with van der Waals surface area (Å²) in [6.07, 6.45) is -12.6. The van der Waals surface area contributed by atoms with Crippen LogP contribution in [0, 0.1) is 33.8 Å². The molecule has 2 aromatic carbocycles. The molecule has 114 heavy (non-hydrogen) atoms. The smallest absolute Gasteiger partial charge is 0.410 e. The quantitative estimate of drug-likeness (QED) is 0.0174. The maximum Gasteiger partial charge on any atom is 0.410 e. The zero-order valence-corrected chi connectivity index (χ0v) is 69.1. The minimum atomic E-state index is -2.10. The number of aromatic nitrogens is 3. The van der Waals surface area contributed by atoms with Crippen LogP contribution < -0.4 is 20.7 Å². The number of amides is 6. The highest BCUT2D eigenvalue weighted by Gasteiger charge is 2.49. The number of carbonyl (C=O) groups is 7. The Morgan fingerprint density at radius 2 is 1.29 bits per heavy atom. The molecular weight excluding hydrogens is 1560 g/mol. The maximum absolute atomic E-state index is 15.1. The van der Waals surface area contributed by atoms with E-state index in [1.54, 1.807) is 84.0 Å². The predicted molar refractivity (Wildman–Crippen MR) is 413 cm³/mol. The van der Waals surface area contributed by atoms with E-state index in [1.165, 1.54) is 36.9 Å². The molecule has 2 aliphatic rings. The fourth-order valence-electron chi connectivity index (χ4n) is 13.2. The number of rotatable bonds is 56. The predicted octanol–water partition coefficient (Wildman–Crippen LogP) is 2.78. The van der Waals surface area contributed by atoms with E-state index >= 15 is 4.79 Å². The van der Waals surface area contributed by atoms with Crippen molar-refractivity contribution in [3.8, 4) is 5.75 Å². The number of methoxy groups -OCH3 is 2. The number of nitrogens with one attached hydrogen (secondary N) is 3. The number of aliphatic hydroxyl groups is 4. The van der Waals surface area contributed by atoms with Crippen molar-refractivity contribution in [1.29, 1.82) is 0 Å². The van der Waals surface area contributed by atoms with Gasteiger partial charge in [-0.1, -0.05) is 112 Å². The number of ether oxygens (including phenoxy) is 13. The fraction of sp³-hybridized carbons (Fsp3) is 0.724. The van der Waals surface area contributed by atoms with E-state index in [0.29, 0.717) is 124 Å². The first kappa shape index (κ1) is 97.3. The van der Waals surface area contributed by atoms with Crippen molar-refractivity contribution in [3.63, 3.8) is 0 Å². The number of aliphatic hydroxyl groups excluding tert-OH is 4. The maximum atomic E-state index is 15.1. The second kappa shape index (κ2) is 51.7. The molecular formula is C76H121BrN10O27. The van der Waals surface area contributed by atoms with Gasteiger partial charge in [0.2, 0.25) is 35.8 Å². The number of nitrogens with zero attached hydrogens (tertiary/aromatic N) is 7. The summed E-state index contributed by atoms with van der Waals surface area (Å²) in [5.74, 6) is -6.46. The summed E-state index contributed by atoms with van der Waals surface area (Å²) in [5, 5.41) is 82.2. The number of likely N-dealkylation sites (N-methyl/N-ethyl adjacent to an activating group) is 2. The van der Waals surface area contributed by atoms with Crippen molar-refractivity contribution in [2.24, 2.45) is 23.7 Å². The number of carbonyl (C=O) groups excluding carboxylic acids is 6. The summed E-state index contributed by atoms with van der Waals surface area (Å²) in [6.45, 7) is 20.8. The van der Waals surface area contributed by atoms with Crippen LogP contribution in [0.2, 0.25) is 0 Å². The summed E-state index contributed by atoms with van der Waals surface area (Å²) >= 11 is 3.08. The minimum Gasteiger partial charge on any atom is -0.479 e. The molecule has 38 heteroatoms. The molecule has 0 radical (unpaired) electrons. The lowest BCUT2D eigenvalue weighted by Gasteiger charge is -2.41. The molecule has 1 aromatic heterocycles. The number of halogens is 1. The molecule has 2 saturated heterocycles. The number of carboxylic acids is 1. The van der Waals surface area contributed by atoms with E-state index in [9.17, 15) is 64.4 Å². The highest BCUT2D eigenvalue weighted by atomic mass is 79.9. The van der Waals surface area contributed by atoms with Gasteiger partial charge >= 0.3 is 17.7 Å². The zero-order valence-electron chi connectivity index (χ0n) is 67.5. The number of hydrogen-bond acceptors (Lipinski definition) is 28. The van der Waals surface area contributed by atoms with Crippen LogP contribution in [-0.2, 0) is 98.6 Å². The van der Waals surface area contributed by atoms with Crippen LogP contribution in [0.4, 0.5) is 10.5 Å². The molecule has 37 nitrogen and oxygen atoms in total. The SMILES string of the molecule is CC[C@H](C)[C@@H]([C@@H](CC(=O)N1CCC[C@H]1[C@H](OC)[C@@H](C)C(=O)N[C@H](C)[C@@H](O)c1ccccc1)OC)N(C)C(=O)[C@@H](NC(=O)[C@H](C(C)C)N(C)C(=O)OC(Cc1cn(CCOCCOCCOCCOCCOCCOCCOCCOCCNC(=O)CBr)nn1)c1ccc(O[C@@H]2O[C@H](C(=O)O)[C@@H](O)[C@H](O)[C@H]2O)c([N+](=O)[O-])c1)C(C)C. The van der Waals surface area contributed by atoms with Crippen LogP contribution in [0.5, 0.6) is 5.75 Å². The number of alkyl halides is 1. The summed E-state index contributed by atoms with van der Waals surface area (Å²) < 4.78 is 74.9. The highest BCUT2D eigenvalue weighted by molar-refractivity contribution is 9.09. The average Bonchev–Trinajstić information content (AvgIpc) is 1.03. The van der Waals surface area contributed by atoms with Gasteiger partial charge in [-0.25, -0.2) is 14.3 Å². The van der Waals surface area contributed by atoms with Crippen LogP contribution in [0.15, 0.2) is 54.7 Å². The van der Waals surface area contributed by atoms with Gasteiger partial charge in [-0.15, -0.1) is 5.10 Å². The van der Waals surface area contributed by atoms with Gasteiger partial charge in [0.1, 0.15) is 36.5 Å². The van der Waals surface area contributed by atoms with Gasteiger partial charge in [0.25, 0.3) is 0 Å². The van der Waals surface area contributed by atoms with E-state index in [-0.39, 0.29) is 79.4 Å². The van der Waals surface area contributed by atoms with Crippen molar-refractivity contribution in [2.75, 3.05) is 152 Å². The largest absolute Gasteiger partial charge is 0.479 e. The van der Waals surface area contributed by atoms with E-state index in [4.69, 9.17) is 61.6 Å². The number of hydrogen-bond donors (Lipinski definition) is 8. The third kappa shape index (κ3) is 31.0. The van der Waals surface area contributed by atoms with Crippen LogP contribution in [0.1, 0.15) is 110 Å². The Bertz CT molecular complexity index is 3370. The number of aliphatic carboxylic acids is 1. The van der Waals surface area contributed by atoms with Gasteiger partial charge < -0.3 is 113 Å². The number of nitro groups is 1. The molecule has 16 atom stereocenters. The summed E-state index contributed by atoms with van der Waals surface area (Å²) in [4.78, 5) is 112. The monoisotopic (exact) mass is 1680 g/mol. The van der Waals surface area contributed by atoms with Crippen molar-refractivity contribution in [3.05, 3.63) is 81.7 Å². The van der Waals surface area contributed by atoms with Crippen molar-refractivity contribution in [1.82, 2.24) is 45.6 Å². The Morgan fingerprint density at radius 3 is 1.81 bits per heavy atom. The van der Waals surface area contributed by atoms with Crippen molar-refractivity contribution in [2.45, 2.75) is 179 Å². The number of carboxylic acid groups (broad SMARTS) is 1. The lowest BCUT2D eigenvalue weighted by molar-refractivity contribution is -0.387. The molecule has 2 aliphatic heterocycles. The molecule has 0 spiro atoms. The number of nitro benzene ring substituents is 1. The van der Waals surface area contributed by atoms with Crippen LogP contribution in [0.25, 0.3) is 0 Å². The Kier molecular flexibility index (Phi) is 44.2. The van der Waals surface area contributed by atoms with Crippen molar-refractivity contribution < 1.29 is 126 Å². The summed E-state index contributed by atoms with van der Waals surface area (Å²) in [7, 11) is 5.85. The highest BCUT2D eigenvalue weighted by Crippen LogP contribution is 2.37. The third-order valence-electron chi connectivity index (χ3n) is 19.7. The fourth-order valence-corrected chi connectivity index (χ4v) is 13.4. The van der Waals surface area contributed by atoms with Gasteiger partial charge in [0.05, 0.1) is 177 Å². The summed E-state index contributed by atoms with van der Waals surface area (Å²) in [6, 6.07) is 7.96. The van der Waals surface area contributed by atoms with Crippen molar-refractivity contribution >= 4 is 63.2 Å². The molecule has 3 aromatic rings. The van der Waals surface area contributed by atoms with Gasteiger partial charge in [-0.2, -0.15) is 0 Å². The minimum absolute atomic E-state index is 0.0201. The Balaban J connectivity index is 1.19. The van der Waals surface area contributed by atoms with Gasteiger partial charge in [-0.05, 0) is 54.7 Å². The molecule has 2 fully saturated rings. The standard InChI is InChI=1S/C76H121BrN10O27/c1-13-49(6)64(59(102-11)44-61(89)86-24-17-20-55(86)69(103-12)50(7)71(94)79-51(8)65(90)52-18-15-14-16-19-52)83(9)73(96)62(47(2)3)80-72(95)63(48(4)5)84(10)76(99)113-58(53-21-22-57(56(42-53)87(100)101)112-75-68(93)66(91)67(92)70(114-75)74(97)98)43-54-46-85(82-81-54)25-27-105-29-31-107-33-35-109-37-39-111-41-40-110-38-36-108-34-32-106-30-28-104-26-23-78-60(88)45-77/h14-16,18-19,21-22,42,46-51,55,58-59,62-70,75,90-93H,13,17,20,23-41,43-45H2,1-12H3,(H,78,88)(H,79,94)(H,80,95)(H,97,98)/t49-,50+,51+,55-,58?,59+,62-,63-,64-,65+,66-,67-,68+,69+,70-,75+/m0/s1. The van der Waals surface area contributed by atoms with E-state index in [2.05, 4.69) is 42.2 Å². The summed E-state index contributed by atoms with van der Waals surface area (Å²) in [5.41, 5.74) is 0.0608. The van der Waals surface area contributed by atoms with Crippen LogP contribution in [-0.4, -0.2) is 327 Å². The molecule has 8 N–H and O–H groups in total. The molecule has 644 valence electrons. The first-order valence-electron chi connectivity index (χ1n) is 38.6. The van der Waals surface area contributed by atoms with Crippen LogP contribution >= 0.6 is 15.9 Å². The molecule has 6 amide bonds. The Labute approximate surface area is 674 Å². The Hall–Kier alpha value is -7.25. The molecule has 0 bridgehead atoms. The number of likely N-dealkylation sites (tertiary alicyclic amines) is 1. The van der Waals surface area contributed by atoms with E-state index < -0.39 is 143 Å². The van der Waals surface area contributed by atoms with E-state index in [1.807, 2.05) is 19.9 Å². The third-order valence-corrected chi connectivity index (χ3v) is 20.2. The molecule has 0 aliphatic carbocycles. The first-order valence-corrected chi connectivity index (χ1v) is 39.7. The second-order valence-corrected chi connectivity index (χ2v) is 29.1. The number of benzene rings is 2. The molecule has 3 heterocycles. The van der Waals surface area contributed by atoms with Gasteiger partial charge in [0, 0.05) is 60.1 Å². The first-order chi connectivity index (χ1) is 54.5. The lowest BCUT2D eigenvalue weighted by Crippen LogP contribution is -2.61.